The summed E-state index contributed by atoms with van der Waals surface area (Å²) < 4.78 is 0. The molecule has 0 saturated carbocycles. The van der Waals surface area contributed by atoms with Gasteiger partial charge in [0.2, 0.25) is 0 Å². The third-order valence-electron chi connectivity index (χ3n) is 1.98. The molecule has 0 spiro atoms. The lowest BCUT2D eigenvalue weighted by atomic mass is 10.1. The van der Waals surface area contributed by atoms with E-state index in [1.165, 1.54) is 6.07 Å². The summed E-state index contributed by atoms with van der Waals surface area (Å²) in [5.74, 6) is 0.277. The van der Waals surface area contributed by atoms with Crippen LogP contribution in [0.15, 0.2) is 35.1 Å². The molecule has 0 bridgehead atoms. The number of nitrogen functional groups attached to an aromatic ring is 1. The summed E-state index contributed by atoms with van der Waals surface area (Å²) in [4.78, 5) is 11.5. The zero-order valence-electron chi connectivity index (χ0n) is 7.70. The van der Waals surface area contributed by atoms with E-state index in [0.29, 0.717) is 10.6 Å². The van der Waals surface area contributed by atoms with Gasteiger partial charge in [-0.15, -0.1) is 0 Å². The average molecular weight is 222 g/mol. The SMILES string of the molecule is Nc1cc(-c2ccc(Cl)cc2)c(=O)[nH]n1. The van der Waals surface area contributed by atoms with E-state index in [9.17, 15) is 4.79 Å². The van der Waals surface area contributed by atoms with Crippen molar-refractivity contribution in [2.45, 2.75) is 0 Å². The van der Waals surface area contributed by atoms with Gasteiger partial charge in [-0.25, -0.2) is 5.10 Å². The van der Waals surface area contributed by atoms with Crippen LogP contribution in [0.3, 0.4) is 0 Å². The molecular weight excluding hydrogens is 214 g/mol. The molecule has 4 nitrogen and oxygen atoms in total. The molecule has 0 aliphatic rings. The number of aromatic nitrogens is 2. The first-order valence-corrected chi connectivity index (χ1v) is 4.66. The second-order valence-corrected chi connectivity index (χ2v) is 3.48. The van der Waals surface area contributed by atoms with E-state index in [1.54, 1.807) is 24.3 Å². The Hall–Kier alpha value is -1.81. The highest BCUT2D eigenvalue weighted by Gasteiger charge is 2.03. The quantitative estimate of drug-likeness (QED) is 0.770. The smallest absolute Gasteiger partial charge is 0.272 e. The molecule has 0 radical (unpaired) electrons. The van der Waals surface area contributed by atoms with E-state index in [4.69, 9.17) is 17.3 Å². The molecule has 3 N–H and O–H groups in total. The van der Waals surface area contributed by atoms with Crippen LogP contribution in [0.1, 0.15) is 0 Å². The number of nitrogens with two attached hydrogens (primary N) is 1. The molecule has 1 aromatic carbocycles. The maximum atomic E-state index is 11.5. The van der Waals surface area contributed by atoms with Crippen LogP contribution in [0.5, 0.6) is 0 Å². The van der Waals surface area contributed by atoms with E-state index in [0.717, 1.165) is 5.56 Å². The Morgan fingerprint density at radius 1 is 1.27 bits per heavy atom. The number of H-pyrrole nitrogens is 1. The number of rotatable bonds is 1. The van der Waals surface area contributed by atoms with Crippen LogP contribution in [-0.4, -0.2) is 10.2 Å². The molecule has 0 amide bonds. The lowest BCUT2D eigenvalue weighted by molar-refractivity contribution is 1.00. The fraction of sp³-hybridized carbons (Fsp3) is 0. The monoisotopic (exact) mass is 221 g/mol. The largest absolute Gasteiger partial charge is 0.382 e. The molecule has 15 heavy (non-hydrogen) atoms. The molecule has 0 atom stereocenters. The standard InChI is InChI=1S/C10H8ClN3O/c11-7-3-1-6(2-4-7)8-5-9(12)13-14-10(8)15/h1-5H,(H2,12,13)(H,14,15). The first kappa shape index (κ1) is 9.73. The van der Waals surface area contributed by atoms with E-state index in [-0.39, 0.29) is 11.4 Å². The van der Waals surface area contributed by atoms with Gasteiger partial charge in [0, 0.05) is 5.02 Å². The highest BCUT2D eigenvalue weighted by molar-refractivity contribution is 6.30. The van der Waals surface area contributed by atoms with Gasteiger partial charge in [-0.05, 0) is 23.8 Å². The lowest BCUT2D eigenvalue weighted by Gasteiger charge is -2.00. The first-order valence-electron chi connectivity index (χ1n) is 4.28. The Morgan fingerprint density at radius 3 is 2.60 bits per heavy atom. The van der Waals surface area contributed by atoms with Crippen molar-refractivity contribution in [3.8, 4) is 11.1 Å². The summed E-state index contributed by atoms with van der Waals surface area (Å²) in [6.07, 6.45) is 0. The highest BCUT2D eigenvalue weighted by atomic mass is 35.5. The fourth-order valence-electron chi connectivity index (χ4n) is 1.27. The first-order chi connectivity index (χ1) is 7.16. The number of benzene rings is 1. The molecule has 1 aromatic heterocycles. The third-order valence-corrected chi connectivity index (χ3v) is 2.23. The van der Waals surface area contributed by atoms with Crippen molar-refractivity contribution >= 4 is 17.4 Å². The van der Waals surface area contributed by atoms with Crippen molar-refractivity contribution in [2.24, 2.45) is 0 Å². The van der Waals surface area contributed by atoms with E-state index in [1.807, 2.05) is 0 Å². The maximum absolute atomic E-state index is 11.5. The molecule has 0 aliphatic carbocycles. The van der Waals surface area contributed by atoms with Gasteiger partial charge in [-0.3, -0.25) is 4.79 Å². The van der Waals surface area contributed by atoms with Gasteiger partial charge in [0.05, 0.1) is 5.56 Å². The number of hydrogen-bond acceptors (Lipinski definition) is 3. The van der Waals surface area contributed by atoms with Crippen LogP contribution < -0.4 is 11.3 Å². The van der Waals surface area contributed by atoms with Crippen molar-refractivity contribution in [2.75, 3.05) is 5.73 Å². The predicted octanol–water partition coefficient (Wildman–Crippen LogP) is 1.67. The molecule has 0 unspecified atom stereocenters. The van der Waals surface area contributed by atoms with Gasteiger partial charge < -0.3 is 5.73 Å². The predicted molar refractivity (Wildman–Crippen MR) is 59.7 cm³/mol. The normalized spacial score (nSPS) is 10.2. The van der Waals surface area contributed by atoms with Crippen LogP contribution in [0, 0.1) is 0 Å². The molecule has 0 fully saturated rings. The van der Waals surface area contributed by atoms with Gasteiger partial charge in [-0.1, -0.05) is 23.7 Å². The molecule has 0 aliphatic heterocycles. The second kappa shape index (κ2) is 3.74. The van der Waals surface area contributed by atoms with Crippen LogP contribution in [0.4, 0.5) is 5.82 Å². The minimum Gasteiger partial charge on any atom is -0.382 e. The second-order valence-electron chi connectivity index (χ2n) is 3.04. The summed E-state index contributed by atoms with van der Waals surface area (Å²) in [7, 11) is 0. The van der Waals surface area contributed by atoms with Gasteiger partial charge in [-0.2, -0.15) is 5.10 Å². The van der Waals surface area contributed by atoms with Gasteiger partial charge in [0.1, 0.15) is 5.82 Å². The molecule has 1 heterocycles. The zero-order valence-corrected chi connectivity index (χ0v) is 8.45. The number of halogens is 1. The minimum atomic E-state index is -0.272. The molecule has 0 saturated heterocycles. The Bertz CT molecular complexity index is 533. The zero-order chi connectivity index (χ0) is 10.8. The van der Waals surface area contributed by atoms with Crippen LogP contribution in [-0.2, 0) is 0 Å². The number of nitrogens with zero attached hydrogens (tertiary/aromatic N) is 1. The molecule has 2 aromatic rings. The fourth-order valence-corrected chi connectivity index (χ4v) is 1.39. The van der Waals surface area contributed by atoms with Crippen molar-refractivity contribution in [3.05, 3.63) is 45.7 Å². The topological polar surface area (TPSA) is 71.8 Å². The van der Waals surface area contributed by atoms with Crippen molar-refractivity contribution in [3.63, 3.8) is 0 Å². The summed E-state index contributed by atoms with van der Waals surface area (Å²) in [6, 6.07) is 8.47. The van der Waals surface area contributed by atoms with Crippen molar-refractivity contribution < 1.29 is 0 Å². The summed E-state index contributed by atoms with van der Waals surface area (Å²) in [5, 5.41) is 6.54. The van der Waals surface area contributed by atoms with Crippen LogP contribution in [0.2, 0.25) is 5.02 Å². The Morgan fingerprint density at radius 2 is 1.93 bits per heavy atom. The summed E-state index contributed by atoms with van der Waals surface area (Å²) in [5.41, 5.74) is 6.46. The van der Waals surface area contributed by atoms with Crippen LogP contribution >= 0.6 is 11.6 Å². The Kier molecular flexibility index (Phi) is 2.43. The summed E-state index contributed by atoms with van der Waals surface area (Å²) >= 11 is 5.75. The Labute approximate surface area is 90.7 Å². The number of hydrogen-bond donors (Lipinski definition) is 2. The van der Waals surface area contributed by atoms with Crippen LogP contribution in [0.25, 0.3) is 11.1 Å². The van der Waals surface area contributed by atoms with E-state index >= 15 is 0 Å². The van der Waals surface area contributed by atoms with Gasteiger partial charge in [0.25, 0.3) is 5.56 Å². The maximum Gasteiger partial charge on any atom is 0.272 e. The lowest BCUT2D eigenvalue weighted by Crippen LogP contribution is -2.12. The third kappa shape index (κ3) is 1.99. The van der Waals surface area contributed by atoms with Gasteiger partial charge in [0.15, 0.2) is 0 Å². The van der Waals surface area contributed by atoms with Crippen molar-refractivity contribution in [1.82, 2.24) is 10.2 Å². The molecule has 2 rings (SSSR count). The number of aromatic amines is 1. The van der Waals surface area contributed by atoms with E-state index < -0.39 is 0 Å². The average Bonchev–Trinajstić information content (AvgIpc) is 2.23. The highest BCUT2D eigenvalue weighted by Crippen LogP contribution is 2.18. The molecule has 76 valence electrons. The molecular formula is C10H8ClN3O. The number of nitrogens with one attached hydrogen (secondary N) is 1. The summed E-state index contributed by atoms with van der Waals surface area (Å²) in [6.45, 7) is 0. The minimum absolute atomic E-state index is 0.272. The van der Waals surface area contributed by atoms with E-state index in [2.05, 4.69) is 10.2 Å². The number of anilines is 1. The van der Waals surface area contributed by atoms with Gasteiger partial charge >= 0.3 is 0 Å². The van der Waals surface area contributed by atoms with Crippen molar-refractivity contribution in [1.29, 1.82) is 0 Å². The molecule has 5 heteroatoms. The Balaban J connectivity index is 2.58.